The average Bonchev–Trinajstić information content (AvgIpc) is 3.47. The third-order valence-electron chi connectivity index (χ3n) is 7.54. The molecule has 1 fully saturated rings. The van der Waals surface area contributed by atoms with E-state index in [0.29, 0.717) is 19.4 Å². The summed E-state index contributed by atoms with van der Waals surface area (Å²) in [6.07, 6.45) is 0.328. The number of carboxylic acid groups (broad SMARTS) is 1. The van der Waals surface area contributed by atoms with Gasteiger partial charge in [0.05, 0.1) is 12.0 Å². The van der Waals surface area contributed by atoms with Gasteiger partial charge in [0.25, 0.3) is 0 Å². The van der Waals surface area contributed by atoms with Crippen LogP contribution in [0.15, 0.2) is 48.5 Å². The van der Waals surface area contributed by atoms with Crippen molar-refractivity contribution in [3.05, 3.63) is 59.7 Å². The lowest BCUT2D eigenvalue weighted by atomic mass is 9.82. The zero-order chi connectivity index (χ0) is 25.1. The van der Waals surface area contributed by atoms with Gasteiger partial charge in [-0.1, -0.05) is 62.4 Å². The predicted octanol–water partition coefficient (Wildman–Crippen LogP) is 3.69. The largest absolute Gasteiger partial charge is 0.481 e. The van der Waals surface area contributed by atoms with Crippen LogP contribution < -0.4 is 10.6 Å². The van der Waals surface area contributed by atoms with Crippen LogP contribution in [0.2, 0.25) is 0 Å². The number of carboxylic acids is 1. The summed E-state index contributed by atoms with van der Waals surface area (Å²) in [6.45, 7) is 3.98. The molecule has 0 spiro atoms. The average molecular weight is 481 g/mol. The third-order valence-corrected chi connectivity index (χ3v) is 7.54. The first-order valence-corrected chi connectivity index (χ1v) is 12.1. The van der Waals surface area contributed by atoms with Crippen molar-refractivity contribution in [3.8, 4) is 11.1 Å². The van der Waals surface area contributed by atoms with Gasteiger partial charge in [0, 0.05) is 25.5 Å². The fraction of sp³-hybridized carbons (Fsp3) is 0.444. The van der Waals surface area contributed by atoms with Gasteiger partial charge in [-0.2, -0.15) is 0 Å². The molecule has 186 valence electrons. The molecule has 1 unspecified atom stereocenters. The molecule has 1 heterocycles. The topological polar surface area (TPSA) is 114 Å². The molecule has 3 N–H and O–H groups in total. The van der Waals surface area contributed by atoms with Crippen LogP contribution >= 0.6 is 0 Å². The van der Waals surface area contributed by atoms with Crippen LogP contribution in [0, 0.1) is 5.41 Å². The minimum atomic E-state index is -1.30. The molecule has 1 atom stereocenters. The number of nitrogens with one attached hydrogen (secondary N) is 2. The van der Waals surface area contributed by atoms with Gasteiger partial charge < -0.3 is 25.2 Å². The maximum Gasteiger partial charge on any atom is 0.408 e. The van der Waals surface area contributed by atoms with Crippen molar-refractivity contribution in [2.75, 3.05) is 26.4 Å². The molecule has 1 aliphatic heterocycles. The summed E-state index contributed by atoms with van der Waals surface area (Å²) in [5.74, 6) is -1.51. The van der Waals surface area contributed by atoms with Crippen molar-refractivity contribution in [1.82, 2.24) is 10.6 Å². The van der Waals surface area contributed by atoms with Crippen LogP contribution in [0.3, 0.4) is 0 Å². The summed E-state index contributed by atoms with van der Waals surface area (Å²) >= 11 is 0. The maximum absolute atomic E-state index is 13.1. The highest BCUT2D eigenvalue weighted by atomic mass is 16.6. The Morgan fingerprint density at radius 1 is 1.06 bits per heavy atom. The Kier molecular flexibility index (Phi) is 7.12. The van der Waals surface area contributed by atoms with Gasteiger partial charge in [-0.3, -0.25) is 9.59 Å². The number of benzene rings is 2. The predicted molar refractivity (Wildman–Crippen MR) is 130 cm³/mol. The Bertz CT molecular complexity index is 1060. The lowest BCUT2D eigenvalue weighted by Gasteiger charge is -2.31. The molecule has 35 heavy (non-hydrogen) atoms. The van der Waals surface area contributed by atoms with E-state index in [1.165, 1.54) is 0 Å². The maximum atomic E-state index is 13.1. The lowest BCUT2D eigenvalue weighted by molar-refractivity contribution is -0.149. The highest BCUT2D eigenvalue weighted by Crippen LogP contribution is 2.44. The van der Waals surface area contributed by atoms with Crippen molar-refractivity contribution < 1.29 is 29.0 Å². The summed E-state index contributed by atoms with van der Waals surface area (Å²) < 4.78 is 11.1. The number of amides is 2. The van der Waals surface area contributed by atoms with E-state index in [-0.39, 0.29) is 32.1 Å². The first kappa shape index (κ1) is 24.7. The Morgan fingerprint density at radius 3 is 2.17 bits per heavy atom. The van der Waals surface area contributed by atoms with E-state index >= 15 is 0 Å². The van der Waals surface area contributed by atoms with Gasteiger partial charge in [-0.15, -0.1) is 0 Å². The molecule has 0 aromatic heterocycles. The van der Waals surface area contributed by atoms with Crippen molar-refractivity contribution in [1.29, 1.82) is 0 Å². The Morgan fingerprint density at radius 2 is 1.66 bits per heavy atom. The molecular weight excluding hydrogens is 448 g/mol. The second-order valence-electron chi connectivity index (χ2n) is 9.31. The minimum Gasteiger partial charge on any atom is -0.481 e. The zero-order valence-corrected chi connectivity index (χ0v) is 20.1. The van der Waals surface area contributed by atoms with E-state index in [0.717, 1.165) is 22.3 Å². The SMILES string of the molecule is CCC(CC)(CNC(=O)C1(NC(=O)OCC2c3ccccc3-c3ccccc32)CCOC1)C(=O)O. The van der Waals surface area contributed by atoms with Crippen LogP contribution in [0.5, 0.6) is 0 Å². The lowest BCUT2D eigenvalue weighted by Crippen LogP contribution is -2.61. The number of hydrogen-bond donors (Lipinski definition) is 3. The highest BCUT2D eigenvalue weighted by molar-refractivity contribution is 5.91. The molecule has 2 aliphatic rings. The van der Waals surface area contributed by atoms with Crippen molar-refractivity contribution in [2.45, 2.75) is 44.6 Å². The minimum absolute atomic E-state index is 0.00134. The second kappa shape index (κ2) is 10.1. The van der Waals surface area contributed by atoms with Crippen LogP contribution in [0.4, 0.5) is 4.79 Å². The summed E-state index contributed by atoms with van der Waals surface area (Å²) in [7, 11) is 0. The number of alkyl carbamates (subject to hydrolysis) is 1. The smallest absolute Gasteiger partial charge is 0.408 e. The quantitative estimate of drug-likeness (QED) is 0.504. The molecule has 0 bridgehead atoms. The highest BCUT2D eigenvalue weighted by Gasteiger charge is 2.46. The fourth-order valence-corrected chi connectivity index (χ4v) is 5.03. The number of fused-ring (bicyclic) bond motifs is 3. The van der Waals surface area contributed by atoms with Gasteiger partial charge >= 0.3 is 12.1 Å². The van der Waals surface area contributed by atoms with E-state index < -0.39 is 28.9 Å². The Hall–Kier alpha value is -3.39. The molecule has 2 aromatic carbocycles. The molecule has 1 saturated heterocycles. The fourth-order valence-electron chi connectivity index (χ4n) is 5.03. The summed E-state index contributed by atoms with van der Waals surface area (Å²) in [4.78, 5) is 37.8. The van der Waals surface area contributed by atoms with E-state index in [1.807, 2.05) is 36.4 Å². The zero-order valence-electron chi connectivity index (χ0n) is 20.1. The molecule has 1 aliphatic carbocycles. The number of aliphatic carboxylic acids is 1. The van der Waals surface area contributed by atoms with Gasteiger partial charge in [0.2, 0.25) is 5.91 Å². The molecule has 8 heteroatoms. The number of hydrogen-bond acceptors (Lipinski definition) is 5. The summed E-state index contributed by atoms with van der Waals surface area (Å²) in [5.41, 5.74) is 2.11. The van der Waals surface area contributed by atoms with E-state index in [9.17, 15) is 19.5 Å². The van der Waals surface area contributed by atoms with Gasteiger partial charge in [0.15, 0.2) is 0 Å². The Balaban J connectivity index is 1.43. The first-order chi connectivity index (χ1) is 16.9. The third kappa shape index (κ3) is 4.62. The van der Waals surface area contributed by atoms with Crippen molar-refractivity contribution >= 4 is 18.0 Å². The van der Waals surface area contributed by atoms with Gasteiger partial charge in [-0.25, -0.2) is 4.79 Å². The van der Waals surface area contributed by atoms with E-state index in [4.69, 9.17) is 9.47 Å². The number of carbonyl (C=O) groups is 3. The second-order valence-corrected chi connectivity index (χ2v) is 9.31. The monoisotopic (exact) mass is 480 g/mol. The molecule has 0 saturated carbocycles. The molecular formula is C27H32N2O6. The van der Waals surface area contributed by atoms with Gasteiger partial charge in [0.1, 0.15) is 12.1 Å². The number of rotatable bonds is 9. The summed E-state index contributed by atoms with van der Waals surface area (Å²) in [5, 5.41) is 15.1. The number of carbonyl (C=O) groups excluding carboxylic acids is 2. The molecule has 0 radical (unpaired) electrons. The summed E-state index contributed by atoms with van der Waals surface area (Å²) in [6, 6.07) is 16.1. The molecule has 4 rings (SSSR count). The Labute approximate surface area is 205 Å². The van der Waals surface area contributed by atoms with Crippen molar-refractivity contribution in [3.63, 3.8) is 0 Å². The molecule has 2 amide bonds. The van der Waals surface area contributed by atoms with E-state index in [1.54, 1.807) is 13.8 Å². The first-order valence-electron chi connectivity index (χ1n) is 12.1. The van der Waals surface area contributed by atoms with Crippen LogP contribution in [0.25, 0.3) is 11.1 Å². The van der Waals surface area contributed by atoms with Crippen LogP contribution in [0.1, 0.15) is 50.2 Å². The van der Waals surface area contributed by atoms with Crippen molar-refractivity contribution in [2.24, 2.45) is 5.41 Å². The van der Waals surface area contributed by atoms with Crippen LogP contribution in [-0.2, 0) is 19.1 Å². The standard InChI is InChI=1S/C27H32N2O6/c1-3-26(4-2,24(31)32)16-28-23(30)27(13-14-34-17-27)29-25(33)35-15-22-20-11-7-5-9-18(20)19-10-6-8-12-21(19)22/h5-12,22H,3-4,13-17H2,1-2H3,(H,28,30)(H,29,33)(H,31,32). The normalized spacial score (nSPS) is 19.0. The molecule has 2 aromatic rings. The number of ether oxygens (including phenoxy) is 2. The van der Waals surface area contributed by atoms with Gasteiger partial charge in [-0.05, 0) is 35.1 Å². The van der Waals surface area contributed by atoms with E-state index in [2.05, 4.69) is 22.8 Å². The molecule has 8 nitrogen and oxygen atoms in total. The van der Waals surface area contributed by atoms with Crippen LogP contribution in [-0.4, -0.2) is 55.0 Å².